The van der Waals surface area contributed by atoms with Gasteiger partial charge >= 0.3 is 0 Å². The van der Waals surface area contributed by atoms with Crippen molar-refractivity contribution in [1.29, 1.82) is 0 Å². The number of halogens is 2. The van der Waals surface area contributed by atoms with Crippen LogP contribution in [0.2, 0.25) is 0 Å². The van der Waals surface area contributed by atoms with Crippen LogP contribution < -0.4 is 10.5 Å². The predicted octanol–water partition coefficient (Wildman–Crippen LogP) is 2.05. The molecule has 0 radical (unpaired) electrons. The van der Waals surface area contributed by atoms with Gasteiger partial charge in [0, 0.05) is 19.0 Å². The van der Waals surface area contributed by atoms with E-state index in [9.17, 15) is 13.6 Å². The van der Waals surface area contributed by atoms with E-state index in [1.54, 1.807) is 12.1 Å². The fourth-order valence-corrected chi connectivity index (χ4v) is 1.19. The molecule has 2 N–H and O–H groups in total. The molecule has 0 aliphatic heterocycles. The average molecular weight is 244 g/mol. The van der Waals surface area contributed by atoms with Crippen LogP contribution >= 0.6 is 0 Å². The summed E-state index contributed by atoms with van der Waals surface area (Å²) in [6.07, 6.45) is -2.50. The van der Waals surface area contributed by atoms with E-state index in [-0.39, 0.29) is 12.3 Å². The molecule has 17 heavy (non-hydrogen) atoms. The van der Waals surface area contributed by atoms with Gasteiger partial charge in [-0.2, -0.15) is 0 Å². The largest absolute Gasteiger partial charge is 0.465 e. The van der Waals surface area contributed by atoms with E-state index in [1.165, 1.54) is 13.1 Å². The number of Topliss-reactive ketones (excluding diaryl/α,β-unsaturated/α-hetero) is 1. The van der Waals surface area contributed by atoms with Gasteiger partial charge < -0.3 is 10.5 Å². The van der Waals surface area contributed by atoms with Crippen molar-refractivity contribution in [3.8, 4) is 5.88 Å². The highest BCUT2D eigenvalue weighted by molar-refractivity contribution is 5.83. The lowest BCUT2D eigenvalue weighted by atomic mass is 10.1. The second-order valence-corrected chi connectivity index (χ2v) is 3.55. The molecule has 0 aliphatic carbocycles. The molecule has 0 fully saturated rings. The molecular formula is C11H14F2N2O2. The van der Waals surface area contributed by atoms with Gasteiger partial charge in [-0.1, -0.05) is 0 Å². The second-order valence-electron chi connectivity index (χ2n) is 3.55. The Balaban J connectivity index is 2.51. The van der Waals surface area contributed by atoms with E-state index in [0.29, 0.717) is 5.69 Å². The van der Waals surface area contributed by atoms with Crippen LogP contribution in [0.3, 0.4) is 0 Å². The normalized spacial score (nSPS) is 12.5. The van der Waals surface area contributed by atoms with Crippen LogP contribution in [-0.2, 0) is 4.79 Å². The Morgan fingerprint density at radius 1 is 1.59 bits per heavy atom. The molecule has 4 nitrogen and oxygen atoms in total. The number of hydrogen-bond acceptors (Lipinski definition) is 4. The minimum absolute atomic E-state index is 0.144. The molecule has 0 bridgehead atoms. The zero-order chi connectivity index (χ0) is 12.8. The number of rotatable bonds is 6. The highest BCUT2D eigenvalue weighted by Crippen LogP contribution is 2.18. The van der Waals surface area contributed by atoms with E-state index in [4.69, 9.17) is 10.5 Å². The van der Waals surface area contributed by atoms with Crippen molar-refractivity contribution in [3.63, 3.8) is 0 Å². The number of nitrogens with two attached hydrogens (primary N) is 1. The summed E-state index contributed by atoms with van der Waals surface area (Å²) in [5, 5.41) is 0. The quantitative estimate of drug-likeness (QED) is 0.831. The van der Waals surface area contributed by atoms with Crippen LogP contribution in [0, 0.1) is 0 Å². The summed E-state index contributed by atoms with van der Waals surface area (Å²) in [6, 6.07) is 3.21. The number of nitrogen functional groups attached to an aromatic ring is 1. The maximum absolute atomic E-state index is 11.9. The first-order valence-corrected chi connectivity index (χ1v) is 5.18. The number of carbonyl (C=O) groups is 1. The molecule has 0 spiro atoms. The maximum atomic E-state index is 11.9. The number of carbonyl (C=O) groups excluding carboxylic acids is 1. The third kappa shape index (κ3) is 4.34. The fraction of sp³-hybridized carbons (Fsp3) is 0.455. The van der Waals surface area contributed by atoms with E-state index < -0.39 is 24.7 Å². The summed E-state index contributed by atoms with van der Waals surface area (Å²) in [5.41, 5.74) is 5.88. The average Bonchev–Trinajstić information content (AvgIpc) is 2.28. The van der Waals surface area contributed by atoms with Gasteiger partial charge in [0.1, 0.15) is 0 Å². The molecule has 1 rings (SSSR count). The molecular weight excluding hydrogens is 230 g/mol. The number of ether oxygens (including phenoxy) is 1. The van der Waals surface area contributed by atoms with Crippen LogP contribution in [0.4, 0.5) is 14.5 Å². The first-order chi connectivity index (χ1) is 8.00. The number of pyridine rings is 1. The maximum Gasteiger partial charge on any atom is 0.239 e. The van der Waals surface area contributed by atoms with Crippen molar-refractivity contribution >= 4 is 11.5 Å². The second kappa shape index (κ2) is 6.12. The van der Waals surface area contributed by atoms with E-state index in [1.807, 2.05) is 0 Å². The van der Waals surface area contributed by atoms with Crippen molar-refractivity contribution < 1.29 is 18.3 Å². The molecule has 6 heteroatoms. The third-order valence-corrected chi connectivity index (χ3v) is 2.15. The summed E-state index contributed by atoms with van der Waals surface area (Å²) in [7, 11) is 0. The summed E-state index contributed by atoms with van der Waals surface area (Å²) < 4.78 is 29.1. The zero-order valence-corrected chi connectivity index (χ0v) is 9.40. The SMILES string of the molecule is C[C@@H](Oc1ncccc1N)C(=O)CCC(F)F. The Hall–Kier alpha value is -1.72. The monoisotopic (exact) mass is 244 g/mol. The molecule has 1 heterocycles. The van der Waals surface area contributed by atoms with Crippen LogP contribution in [0.5, 0.6) is 5.88 Å². The Morgan fingerprint density at radius 3 is 2.88 bits per heavy atom. The molecule has 0 aliphatic rings. The molecule has 0 amide bonds. The van der Waals surface area contributed by atoms with Gasteiger partial charge in [-0.05, 0) is 19.1 Å². The lowest BCUT2D eigenvalue weighted by Gasteiger charge is -2.13. The topological polar surface area (TPSA) is 65.2 Å². The summed E-state index contributed by atoms with van der Waals surface area (Å²) in [4.78, 5) is 15.3. The molecule has 0 unspecified atom stereocenters. The van der Waals surface area contributed by atoms with E-state index in [0.717, 1.165) is 0 Å². The summed E-state index contributed by atoms with van der Waals surface area (Å²) >= 11 is 0. The fourth-order valence-electron chi connectivity index (χ4n) is 1.19. The van der Waals surface area contributed by atoms with Gasteiger partial charge in [0.05, 0.1) is 5.69 Å². The Morgan fingerprint density at radius 2 is 2.29 bits per heavy atom. The lowest BCUT2D eigenvalue weighted by molar-refractivity contribution is -0.125. The number of hydrogen-bond donors (Lipinski definition) is 1. The molecule has 1 aromatic heterocycles. The van der Waals surface area contributed by atoms with Gasteiger partial charge in [0.15, 0.2) is 11.9 Å². The smallest absolute Gasteiger partial charge is 0.239 e. The number of nitrogens with zero attached hydrogens (tertiary/aromatic N) is 1. The van der Waals surface area contributed by atoms with E-state index in [2.05, 4.69) is 4.98 Å². The standard InChI is InChI=1S/C11H14F2N2O2/c1-7(9(16)4-5-10(12)13)17-11-8(14)3-2-6-15-11/h2-3,6-7,10H,4-5,14H2,1H3/t7-/m1/s1. The molecule has 0 aromatic carbocycles. The molecule has 1 atom stereocenters. The summed E-state index contributed by atoms with van der Waals surface area (Å²) in [6.45, 7) is 1.49. The molecule has 0 saturated heterocycles. The highest BCUT2D eigenvalue weighted by atomic mass is 19.3. The van der Waals surface area contributed by atoms with Gasteiger partial charge in [-0.3, -0.25) is 4.79 Å². The minimum atomic E-state index is -2.48. The Bertz CT molecular complexity index is 385. The first kappa shape index (κ1) is 13.3. The van der Waals surface area contributed by atoms with Gasteiger partial charge in [-0.15, -0.1) is 0 Å². The molecule has 94 valence electrons. The zero-order valence-electron chi connectivity index (χ0n) is 9.40. The molecule has 1 aromatic rings. The predicted molar refractivity (Wildman–Crippen MR) is 59.0 cm³/mol. The van der Waals surface area contributed by atoms with Crippen molar-refractivity contribution in [2.75, 3.05) is 5.73 Å². The highest BCUT2D eigenvalue weighted by Gasteiger charge is 2.17. The van der Waals surface area contributed by atoms with Gasteiger partial charge in [-0.25, -0.2) is 13.8 Å². The van der Waals surface area contributed by atoms with Crippen LogP contribution in [0.25, 0.3) is 0 Å². The number of alkyl halides is 2. The van der Waals surface area contributed by atoms with Crippen LogP contribution in [0.15, 0.2) is 18.3 Å². The third-order valence-electron chi connectivity index (χ3n) is 2.15. The van der Waals surface area contributed by atoms with Crippen molar-refractivity contribution in [2.24, 2.45) is 0 Å². The van der Waals surface area contributed by atoms with Crippen LogP contribution in [-0.4, -0.2) is 23.3 Å². The van der Waals surface area contributed by atoms with Crippen molar-refractivity contribution in [2.45, 2.75) is 32.3 Å². The van der Waals surface area contributed by atoms with Gasteiger partial charge in [0.2, 0.25) is 12.3 Å². The summed E-state index contributed by atoms with van der Waals surface area (Å²) in [5.74, 6) is -0.249. The Labute approximate surface area is 97.8 Å². The lowest BCUT2D eigenvalue weighted by Crippen LogP contribution is -2.25. The molecule has 0 saturated carbocycles. The van der Waals surface area contributed by atoms with Crippen LogP contribution in [0.1, 0.15) is 19.8 Å². The Kier molecular flexibility index (Phi) is 4.81. The number of anilines is 1. The first-order valence-electron chi connectivity index (χ1n) is 5.18. The van der Waals surface area contributed by atoms with Crippen molar-refractivity contribution in [3.05, 3.63) is 18.3 Å². The number of ketones is 1. The van der Waals surface area contributed by atoms with Crippen molar-refractivity contribution in [1.82, 2.24) is 4.98 Å². The minimum Gasteiger partial charge on any atom is -0.465 e. The van der Waals surface area contributed by atoms with E-state index >= 15 is 0 Å². The van der Waals surface area contributed by atoms with Gasteiger partial charge in [0.25, 0.3) is 0 Å². The number of aromatic nitrogens is 1.